The highest BCUT2D eigenvalue weighted by Crippen LogP contribution is 2.44. The van der Waals surface area contributed by atoms with Crippen molar-refractivity contribution in [2.45, 2.75) is 24.4 Å². The minimum absolute atomic E-state index is 0.226. The van der Waals surface area contributed by atoms with E-state index in [0.29, 0.717) is 18.1 Å². The van der Waals surface area contributed by atoms with Gasteiger partial charge in [0.2, 0.25) is 0 Å². The number of benzene rings is 1. The lowest BCUT2D eigenvalue weighted by atomic mass is 10.2. The van der Waals surface area contributed by atoms with E-state index in [1.807, 2.05) is 12.1 Å². The Hall–Kier alpha value is -0.530. The standard InChI is InChI=1S/C12H13ClF5NS/c13-10-4-2-9(3-5-10)8-19-6-1-7-20-12(17,18)11(14,15)16/h2-5,19H,1,6-8H2. The van der Waals surface area contributed by atoms with Crippen molar-refractivity contribution in [2.75, 3.05) is 12.3 Å². The molecule has 1 aromatic rings. The monoisotopic (exact) mass is 333 g/mol. The molecule has 1 N–H and O–H groups in total. The van der Waals surface area contributed by atoms with Crippen LogP contribution in [0.5, 0.6) is 0 Å². The quantitative estimate of drug-likeness (QED) is 0.573. The summed E-state index contributed by atoms with van der Waals surface area (Å²) in [4.78, 5) is 0. The van der Waals surface area contributed by atoms with Crippen LogP contribution in [0.15, 0.2) is 24.3 Å². The van der Waals surface area contributed by atoms with Gasteiger partial charge >= 0.3 is 11.4 Å². The second-order valence-corrected chi connectivity index (χ2v) is 5.67. The molecule has 0 spiro atoms. The summed E-state index contributed by atoms with van der Waals surface area (Å²) in [5.74, 6) is -0.264. The molecule has 0 saturated carbocycles. The maximum Gasteiger partial charge on any atom is 0.464 e. The fourth-order valence-corrected chi connectivity index (χ4v) is 2.15. The summed E-state index contributed by atoms with van der Waals surface area (Å²) in [5.41, 5.74) is 0.961. The van der Waals surface area contributed by atoms with Crippen LogP contribution in [0.4, 0.5) is 22.0 Å². The third-order valence-electron chi connectivity index (χ3n) is 2.35. The topological polar surface area (TPSA) is 12.0 Å². The molecule has 8 heteroatoms. The van der Waals surface area contributed by atoms with E-state index in [1.165, 1.54) is 0 Å². The highest BCUT2D eigenvalue weighted by molar-refractivity contribution is 8.00. The van der Waals surface area contributed by atoms with Crippen LogP contribution in [0.2, 0.25) is 5.02 Å². The minimum Gasteiger partial charge on any atom is -0.313 e. The first-order valence-electron chi connectivity index (χ1n) is 5.76. The SMILES string of the molecule is FC(F)(F)C(F)(F)SCCCNCc1ccc(Cl)cc1. The molecule has 0 aliphatic carbocycles. The summed E-state index contributed by atoms with van der Waals surface area (Å²) in [7, 11) is 0. The Balaban J connectivity index is 2.15. The van der Waals surface area contributed by atoms with Crippen molar-refractivity contribution in [3.8, 4) is 0 Å². The Kier molecular flexibility index (Phi) is 6.54. The molecule has 1 nitrogen and oxygen atoms in total. The molecule has 0 unspecified atom stereocenters. The molecule has 0 heterocycles. The van der Waals surface area contributed by atoms with Crippen molar-refractivity contribution in [1.29, 1.82) is 0 Å². The van der Waals surface area contributed by atoms with E-state index in [-0.39, 0.29) is 23.9 Å². The van der Waals surface area contributed by atoms with Gasteiger partial charge in [0.15, 0.2) is 0 Å². The third-order valence-corrected chi connectivity index (χ3v) is 3.69. The van der Waals surface area contributed by atoms with Crippen LogP contribution >= 0.6 is 23.4 Å². The van der Waals surface area contributed by atoms with Crippen LogP contribution < -0.4 is 5.32 Å². The largest absolute Gasteiger partial charge is 0.464 e. The van der Waals surface area contributed by atoms with Crippen LogP contribution in [-0.2, 0) is 6.54 Å². The van der Waals surface area contributed by atoms with E-state index < -0.39 is 11.4 Å². The molecule has 0 radical (unpaired) electrons. The number of alkyl halides is 5. The van der Waals surface area contributed by atoms with Gasteiger partial charge in [0.05, 0.1) is 0 Å². The Labute approximate surface area is 122 Å². The predicted molar refractivity (Wildman–Crippen MR) is 71.2 cm³/mol. The highest BCUT2D eigenvalue weighted by atomic mass is 35.5. The number of hydrogen-bond donors (Lipinski definition) is 1. The minimum atomic E-state index is -5.49. The average molecular weight is 334 g/mol. The highest BCUT2D eigenvalue weighted by Gasteiger charge is 2.57. The van der Waals surface area contributed by atoms with E-state index in [0.717, 1.165) is 5.56 Å². The Morgan fingerprint density at radius 1 is 1.05 bits per heavy atom. The number of halogens is 6. The van der Waals surface area contributed by atoms with E-state index in [4.69, 9.17) is 11.6 Å². The number of rotatable bonds is 7. The summed E-state index contributed by atoms with van der Waals surface area (Å²) in [6.45, 7) is 0.876. The molecule has 1 aromatic carbocycles. The van der Waals surface area contributed by atoms with Gasteiger partial charge in [0, 0.05) is 17.3 Å². The van der Waals surface area contributed by atoms with Crippen molar-refractivity contribution in [2.24, 2.45) is 0 Å². The fourth-order valence-electron chi connectivity index (χ4n) is 1.31. The first-order valence-corrected chi connectivity index (χ1v) is 7.12. The molecule has 0 bridgehead atoms. The summed E-state index contributed by atoms with van der Waals surface area (Å²) >= 11 is 5.33. The van der Waals surface area contributed by atoms with Gasteiger partial charge in [-0.3, -0.25) is 0 Å². The molecule has 0 saturated heterocycles. The van der Waals surface area contributed by atoms with Crippen molar-refractivity contribution >= 4 is 23.4 Å². The van der Waals surface area contributed by atoms with Crippen molar-refractivity contribution in [3.05, 3.63) is 34.9 Å². The lowest BCUT2D eigenvalue weighted by Crippen LogP contribution is -2.33. The normalized spacial score (nSPS) is 12.7. The lowest BCUT2D eigenvalue weighted by Gasteiger charge is -2.18. The predicted octanol–water partition coefficient (Wildman–Crippen LogP) is 4.71. The fraction of sp³-hybridized carbons (Fsp3) is 0.500. The third kappa shape index (κ3) is 5.85. The Bertz CT molecular complexity index is 407. The number of hydrogen-bond acceptors (Lipinski definition) is 2. The lowest BCUT2D eigenvalue weighted by molar-refractivity contribution is -0.237. The second-order valence-electron chi connectivity index (χ2n) is 4.02. The molecule has 0 atom stereocenters. The van der Waals surface area contributed by atoms with Gasteiger partial charge in [-0.15, -0.1) is 0 Å². The molecule has 1 rings (SSSR count). The first-order chi connectivity index (χ1) is 9.22. The Morgan fingerprint density at radius 3 is 2.20 bits per heavy atom. The molecule has 0 aliphatic heterocycles. The van der Waals surface area contributed by atoms with Gasteiger partial charge in [0.1, 0.15) is 0 Å². The van der Waals surface area contributed by atoms with Crippen LogP contribution in [0.1, 0.15) is 12.0 Å². The average Bonchev–Trinajstić information content (AvgIpc) is 2.34. The van der Waals surface area contributed by atoms with Gasteiger partial charge in [-0.25, -0.2) is 0 Å². The second kappa shape index (κ2) is 7.47. The molecule has 0 fully saturated rings. The molecular weight excluding hydrogens is 321 g/mol. The molecule has 20 heavy (non-hydrogen) atoms. The van der Waals surface area contributed by atoms with Crippen LogP contribution in [-0.4, -0.2) is 23.7 Å². The molecule has 114 valence electrons. The maximum atomic E-state index is 12.5. The van der Waals surface area contributed by atoms with Crippen molar-refractivity contribution in [3.63, 3.8) is 0 Å². The van der Waals surface area contributed by atoms with Crippen LogP contribution in [0, 0.1) is 0 Å². The smallest absolute Gasteiger partial charge is 0.313 e. The summed E-state index contributed by atoms with van der Waals surface area (Å²) in [6.07, 6.45) is -5.27. The van der Waals surface area contributed by atoms with Crippen LogP contribution in [0.25, 0.3) is 0 Å². The van der Waals surface area contributed by atoms with Gasteiger partial charge in [-0.2, -0.15) is 22.0 Å². The first kappa shape index (κ1) is 17.5. The van der Waals surface area contributed by atoms with E-state index in [9.17, 15) is 22.0 Å². The summed E-state index contributed by atoms with van der Waals surface area (Å²) in [5, 5.41) is -1.10. The summed E-state index contributed by atoms with van der Waals surface area (Å²) < 4.78 is 60.7. The van der Waals surface area contributed by atoms with Crippen LogP contribution in [0.3, 0.4) is 0 Å². The zero-order chi connectivity index (χ0) is 15.2. The van der Waals surface area contributed by atoms with Gasteiger partial charge in [-0.1, -0.05) is 35.5 Å². The molecule has 0 aromatic heterocycles. The Morgan fingerprint density at radius 2 is 1.65 bits per heavy atom. The molecular formula is C12H13ClF5NS. The zero-order valence-corrected chi connectivity index (χ0v) is 11.9. The van der Waals surface area contributed by atoms with Gasteiger partial charge in [-0.05, 0) is 30.7 Å². The van der Waals surface area contributed by atoms with Crippen molar-refractivity contribution < 1.29 is 22.0 Å². The number of thioether (sulfide) groups is 1. The van der Waals surface area contributed by atoms with E-state index in [1.54, 1.807) is 12.1 Å². The van der Waals surface area contributed by atoms with E-state index in [2.05, 4.69) is 5.32 Å². The van der Waals surface area contributed by atoms with Gasteiger partial charge in [0.25, 0.3) is 0 Å². The number of nitrogens with one attached hydrogen (secondary N) is 1. The van der Waals surface area contributed by atoms with E-state index >= 15 is 0 Å². The molecule has 0 amide bonds. The molecule has 0 aliphatic rings. The van der Waals surface area contributed by atoms with Gasteiger partial charge < -0.3 is 5.32 Å². The maximum absolute atomic E-state index is 12.5. The zero-order valence-electron chi connectivity index (χ0n) is 10.3. The summed E-state index contributed by atoms with van der Waals surface area (Å²) in [6, 6.07) is 7.06. The van der Waals surface area contributed by atoms with Crippen molar-refractivity contribution in [1.82, 2.24) is 5.32 Å².